The standard InChI is InChI=1S/C23H34ClN5OS/c1-16(2)28(19-9-7-6-8-10-19)21(30)15-31-23-26-25-22(17(3)27(4)5)29(23)20-13-11-18(24)12-14-20/h11-14,16-17,19H,6-10,15H2,1-5H3/t17-/m1/s1. The number of aromatic nitrogens is 3. The van der Waals surface area contributed by atoms with Gasteiger partial charge in [-0.3, -0.25) is 14.3 Å². The van der Waals surface area contributed by atoms with Gasteiger partial charge in [-0.25, -0.2) is 0 Å². The highest BCUT2D eigenvalue weighted by Crippen LogP contribution is 2.29. The number of hydrogen-bond donors (Lipinski definition) is 0. The summed E-state index contributed by atoms with van der Waals surface area (Å²) < 4.78 is 2.04. The van der Waals surface area contributed by atoms with Crippen LogP contribution in [0.1, 0.15) is 64.7 Å². The van der Waals surface area contributed by atoms with Crippen LogP contribution < -0.4 is 0 Å². The molecule has 6 nitrogen and oxygen atoms in total. The SMILES string of the molecule is CC(C)N(C(=O)CSc1nnc([C@@H](C)N(C)C)n1-c1ccc(Cl)cc1)C1CCCCC1. The molecule has 1 saturated carbocycles. The summed E-state index contributed by atoms with van der Waals surface area (Å²) in [5.74, 6) is 1.38. The van der Waals surface area contributed by atoms with Gasteiger partial charge in [0.1, 0.15) is 0 Å². The van der Waals surface area contributed by atoms with Crippen molar-refractivity contribution in [3.63, 3.8) is 0 Å². The molecular formula is C23H34ClN5OS. The van der Waals surface area contributed by atoms with Gasteiger partial charge in [0.15, 0.2) is 11.0 Å². The van der Waals surface area contributed by atoms with Crippen molar-refractivity contribution in [3.8, 4) is 5.69 Å². The molecule has 1 aromatic carbocycles. The summed E-state index contributed by atoms with van der Waals surface area (Å²) in [6, 6.07) is 8.30. The number of thioether (sulfide) groups is 1. The lowest BCUT2D eigenvalue weighted by Crippen LogP contribution is -2.46. The molecule has 1 fully saturated rings. The number of hydrogen-bond acceptors (Lipinski definition) is 5. The molecule has 0 N–H and O–H groups in total. The largest absolute Gasteiger partial charge is 0.337 e. The molecule has 31 heavy (non-hydrogen) atoms. The van der Waals surface area contributed by atoms with E-state index in [1.165, 1.54) is 31.0 Å². The molecule has 1 heterocycles. The van der Waals surface area contributed by atoms with E-state index in [1.807, 2.05) is 42.9 Å². The van der Waals surface area contributed by atoms with Gasteiger partial charge in [-0.15, -0.1) is 10.2 Å². The van der Waals surface area contributed by atoms with E-state index >= 15 is 0 Å². The smallest absolute Gasteiger partial charge is 0.233 e. The van der Waals surface area contributed by atoms with E-state index < -0.39 is 0 Å². The van der Waals surface area contributed by atoms with E-state index in [2.05, 4.69) is 40.8 Å². The highest BCUT2D eigenvalue weighted by Gasteiger charge is 2.28. The van der Waals surface area contributed by atoms with E-state index in [0.29, 0.717) is 16.8 Å². The van der Waals surface area contributed by atoms with Gasteiger partial charge in [0.2, 0.25) is 5.91 Å². The number of benzene rings is 1. The normalized spacial score (nSPS) is 16.1. The number of amides is 1. The van der Waals surface area contributed by atoms with Crippen molar-refractivity contribution in [3.05, 3.63) is 35.1 Å². The summed E-state index contributed by atoms with van der Waals surface area (Å²) in [5, 5.41) is 10.3. The lowest BCUT2D eigenvalue weighted by Gasteiger charge is -2.37. The van der Waals surface area contributed by atoms with Crippen LogP contribution in [-0.4, -0.2) is 62.4 Å². The van der Waals surface area contributed by atoms with Crippen molar-refractivity contribution in [2.75, 3.05) is 19.8 Å². The van der Waals surface area contributed by atoms with Gasteiger partial charge >= 0.3 is 0 Å². The third-order valence-electron chi connectivity index (χ3n) is 6.03. The highest BCUT2D eigenvalue weighted by atomic mass is 35.5. The van der Waals surface area contributed by atoms with Crippen molar-refractivity contribution < 1.29 is 4.79 Å². The maximum atomic E-state index is 13.2. The van der Waals surface area contributed by atoms with Gasteiger partial charge in [0.05, 0.1) is 11.8 Å². The number of carbonyl (C=O) groups is 1. The Hall–Kier alpha value is -1.57. The Labute approximate surface area is 195 Å². The van der Waals surface area contributed by atoms with E-state index in [1.54, 1.807) is 0 Å². The predicted molar refractivity (Wildman–Crippen MR) is 128 cm³/mol. The molecule has 1 atom stereocenters. The zero-order chi connectivity index (χ0) is 22.5. The maximum absolute atomic E-state index is 13.2. The summed E-state index contributed by atoms with van der Waals surface area (Å²) in [5.41, 5.74) is 0.945. The van der Waals surface area contributed by atoms with Crippen molar-refractivity contribution in [1.82, 2.24) is 24.6 Å². The van der Waals surface area contributed by atoms with Crippen LogP contribution in [0.25, 0.3) is 5.69 Å². The van der Waals surface area contributed by atoms with Crippen LogP contribution in [0.5, 0.6) is 0 Å². The van der Waals surface area contributed by atoms with Crippen molar-refractivity contribution in [2.45, 2.75) is 76.2 Å². The monoisotopic (exact) mass is 463 g/mol. The van der Waals surface area contributed by atoms with E-state index in [9.17, 15) is 4.79 Å². The molecule has 1 aromatic heterocycles. The molecule has 0 radical (unpaired) electrons. The molecule has 1 aliphatic rings. The molecule has 0 saturated heterocycles. The van der Waals surface area contributed by atoms with Crippen molar-refractivity contribution >= 4 is 29.3 Å². The number of rotatable bonds is 8. The van der Waals surface area contributed by atoms with Gasteiger partial charge in [0.25, 0.3) is 0 Å². The molecular weight excluding hydrogens is 430 g/mol. The van der Waals surface area contributed by atoms with E-state index in [0.717, 1.165) is 29.5 Å². The Morgan fingerprint density at radius 1 is 1.13 bits per heavy atom. The van der Waals surface area contributed by atoms with Crippen molar-refractivity contribution in [1.29, 1.82) is 0 Å². The topological polar surface area (TPSA) is 54.3 Å². The fraction of sp³-hybridized carbons (Fsp3) is 0.609. The van der Waals surface area contributed by atoms with Gasteiger partial charge in [-0.05, 0) is 72.0 Å². The van der Waals surface area contributed by atoms with Crippen LogP contribution in [0, 0.1) is 0 Å². The second-order valence-corrected chi connectivity index (χ2v) is 10.1. The Morgan fingerprint density at radius 2 is 1.77 bits per heavy atom. The summed E-state index contributed by atoms with van der Waals surface area (Å²) in [6.07, 6.45) is 5.93. The molecule has 3 rings (SSSR count). The minimum atomic E-state index is 0.0719. The molecule has 0 spiro atoms. The fourth-order valence-corrected chi connectivity index (χ4v) is 5.14. The van der Waals surface area contributed by atoms with Crippen LogP contribution in [0.3, 0.4) is 0 Å². The first-order valence-corrected chi connectivity index (χ1v) is 12.5. The zero-order valence-corrected chi connectivity index (χ0v) is 20.8. The molecule has 0 aliphatic heterocycles. The van der Waals surface area contributed by atoms with Crippen LogP contribution in [-0.2, 0) is 4.79 Å². The Bertz CT molecular complexity index is 861. The minimum absolute atomic E-state index is 0.0719. The average Bonchev–Trinajstić information content (AvgIpc) is 3.16. The van der Waals surface area contributed by atoms with Crippen LogP contribution in [0.15, 0.2) is 29.4 Å². The third-order valence-corrected chi connectivity index (χ3v) is 7.19. The summed E-state index contributed by atoms with van der Waals surface area (Å²) >= 11 is 7.56. The lowest BCUT2D eigenvalue weighted by atomic mass is 9.93. The van der Waals surface area contributed by atoms with Gasteiger partial charge < -0.3 is 4.90 Å². The van der Waals surface area contributed by atoms with Crippen LogP contribution in [0.2, 0.25) is 5.02 Å². The molecule has 1 amide bonds. The Balaban J connectivity index is 1.83. The van der Waals surface area contributed by atoms with Gasteiger partial charge in [-0.2, -0.15) is 0 Å². The van der Waals surface area contributed by atoms with E-state index in [4.69, 9.17) is 11.6 Å². The van der Waals surface area contributed by atoms with Gasteiger partial charge in [-0.1, -0.05) is 42.6 Å². The average molecular weight is 464 g/mol. The number of nitrogens with zero attached hydrogens (tertiary/aromatic N) is 5. The molecule has 170 valence electrons. The first-order chi connectivity index (χ1) is 14.8. The number of carbonyl (C=O) groups excluding carboxylic acids is 1. The van der Waals surface area contributed by atoms with E-state index in [-0.39, 0.29) is 18.0 Å². The zero-order valence-electron chi connectivity index (χ0n) is 19.2. The fourth-order valence-electron chi connectivity index (χ4n) is 4.18. The van der Waals surface area contributed by atoms with Crippen LogP contribution in [0.4, 0.5) is 0 Å². The second kappa shape index (κ2) is 10.8. The summed E-state index contributed by atoms with van der Waals surface area (Å²) in [4.78, 5) is 17.4. The molecule has 2 aromatic rings. The summed E-state index contributed by atoms with van der Waals surface area (Å²) in [6.45, 7) is 6.33. The van der Waals surface area contributed by atoms with Crippen LogP contribution >= 0.6 is 23.4 Å². The summed E-state index contributed by atoms with van der Waals surface area (Å²) in [7, 11) is 4.04. The number of halogens is 1. The lowest BCUT2D eigenvalue weighted by molar-refractivity contribution is -0.133. The predicted octanol–water partition coefficient (Wildman–Crippen LogP) is 5.21. The van der Waals surface area contributed by atoms with Gasteiger partial charge in [0, 0.05) is 22.8 Å². The Morgan fingerprint density at radius 3 is 2.35 bits per heavy atom. The maximum Gasteiger partial charge on any atom is 0.233 e. The first-order valence-electron chi connectivity index (χ1n) is 11.1. The molecule has 0 unspecified atom stereocenters. The van der Waals surface area contributed by atoms with Crippen molar-refractivity contribution in [2.24, 2.45) is 0 Å². The third kappa shape index (κ3) is 5.82. The minimum Gasteiger partial charge on any atom is -0.337 e. The highest BCUT2D eigenvalue weighted by molar-refractivity contribution is 7.99. The molecule has 1 aliphatic carbocycles. The first kappa shape index (κ1) is 24.1. The quantitative estimate of drug-likeness (QED) is 0.503. The second-order valence-electron chi connectivity index (χ2n) is 8.77. The molecule has 8 heteroatoms. The Kier molecular flexibility index (Phi) is 8.42. The molecule has 0 bridgehead atoms.